The van der Waals surface area contributed by atoms with Gasteiger partial charge in [-0.05, 0) is 59.2 Å². The third-order valence-electron chi connectivity index (χ3n) is 6.74. The Morgan fingerprint density at radius 3 is 2.73 bits per heavy atom. The topological polar surface area (TPSA) is 103 Å². The maximum Gasteiger partial charge on any atom is 0.303 e. The van der Waals surface area contributed by atoms with Crippen LogP contribution in [0.4, 0.5) is 0 Å². The maximum atomic E-state index is 11.3. The molecule has 2 aromatic carbocycles. The number of fused-ring (bicyclic) bond motifs is 2. The number of thioether (sulfide) groups is 1. The van der Waals surface area contributed by atoms with Crippen molar-refractivity contribution >= 4 is 27.6 Å². The Morgan fingerprint density at radius 2 is 1.97 bits per heavy atom. The Balaban J connectivity index is 1.26. The van der Waals surface area contributed by atoms with E-state index in [-0.39, 0.29) is 24.2 Å². The predicted molar refractivity (Wildman–Crippen MR) is 143 cm³/mol. The van der Waals surface area contributed by atoms with Crippen molar-refractivity contribution in [3.63, 3.8) is 0 Å². The van der Waals surface area contributed by atoms with Gasteiger partial charge in [0.15, 0.2) is 0 Å². The van der Waals surface area contributed by atoms with E-state index in [1.165, 1.54) is 17.4 Å². The molecule has 1 N–H and O–H groups in total. The van der Waals surface area contributed by atoms with E-state index in [1.807, 2.05) is 36.4 Å². The number of nitrogens with zero attached hydrogens (tertiary/aromatic N) is 1. The fourth-order valence-electron chi connectivity index (χ4n) is 4.98. The molecule has 0 fully saturated rings. The zero-order valence-corrected chi connectivity index (χ0v) is 22.2. The van der Waals surface area contributed by atoms with E-state index >= 15 is 0 Å². The Bertz CT molecular complexity index is 1400. The summed E-state index contributed by atoms with van der Waals surface area (Å²) in [6, 6.07) is 16.1. The van der Waals surface area contributed by atoms with Gasteiger partial charge in [0.1, 0.15) is 21.7 Å². The molecule has 0 amide bonds. The summed E-state index contributed by atoms with van der Waals surface area (Å²) >= 11 is 1.66. The second-order valence-corrected chi connectivity index (χ2v) is 12.9. The van der Waals surface area contributed by atoms with Crippen LogP contribution in [0.25, 0.3) is 11.1 Å². The highest BCUT2D eigenvalue weighted by atomic mass is 32.2. The van der Waals surface area contributed by atoms with Crippen LogP contribution in [-0.4, -0.2) is 48.8 Å². The van der Waals surface area contributed by atoms with Crippen molar-refractivity contribution in [3.05, 3.63) is 71.4 Å². The molecule has 37 heavy (non-hydrogen) atoms. The highest BCUT2D eigenvalue weighted by Gasteiger charge is 2.29. The van der Waals surface area contributed by atoms with E-state index in [2.05, 4.69) is 17.1 Å². The number of rotatable bonds is 10. The molecule has 5 rings (SSSR count). The van der Waals surface area contributed by atoms with Crippen molar-refractivity contribution in [2.24, 2.45) is 0 Å². The van der Waals surface area contributed by atoms with E-state index in [1.54, 1.807) is 18.0 Å². The number of ether oxygens (including phenoxy) is 2. The Kier molecular flexibility index (Phi) is 7.44. The molecule has 1 aromatic heterocycles. The van der Waals surface area contributed by atoms with Crippen LogP contribution in [0.2, 0.25) is 0 Å². The summed E-state index contributed by atoms with van der Waals surface area (Å²) in [5.74, 6) is 1.38. The normalized spacial score (nSPS) is 18.3. The monoisotopic (exact) mass is 539 g/mol. The Morgan fingerprint density at radius 1 is 1.16 bits per heavy atom. The van der Waals surface area contributed by atoms with Gasteiger partial charge in [-0.15, -0.1) is 11.8 Å². The molecule has 0 saturated heterocycles. The van der Waals surface area contributed by atoms with Crippen molar-refractivity contribution in [3.8, 4) is 22.8 Å². The van der Waals surface area contributed by atoms with Gasteiger partial charge in [-0.1, -0.05) is 30.3 Å². The summed E-state index contributed by atoms with van der Waals surface area (Å²) in [6.45, 7) is 0.363. The van der Waals surface area contributed by atoms with E-state index in [0.717, 1.165) is 45.9 Å². The molecule has 9 heteroatoms. The standard InChI is InChI=1S/C28H29NO6S2/c1-37(32,33)13-3-12-34-20-8-6-18(7-9-20)21-4-2-5-23-22(21)10-11-25(23)35-27-15-26-24(16-29-27)19(17-36-26)14-28(30)31/h2,4-9,15-16,19,25H,3,10-14,17H2,1H3,(H,30,31)/t19-,25?/m1/s1. The summed E-state index contributed by atoms with van der Waals surface area (Å²) < 4.78 is 34.6. The Hall–Kier alpha value is -3.04. The molecule has 194 valence electrons. The minimum Gasteiger partial charge on any atom is -0.494 e. The van der Waals surface area contributed by atoms with Crippen molar-refractivity contribution < 1.29 is 27.8 Å². The molecule has 0 bridgehead atoms. The molecule has 1 aliphatic carbocycles. The fraction of sp³-hybridized carbons (Fsp3) is 0.357. The summed E-state index contributed by atoms with van der Waals surface area (Å²) in [5.41, 5.74) is 5.69. The van der Waals surface area contributed by atoms with Crippen LogP contribution in [0, 0.1) is 0 Å². The van der Waals surface area contributed by atoms with Crippen molar-refractivity contribution in [1.29, 1.82) is 0 Å². The molecule has 2 atom stereocenters. The number of benzene rings is 2. The average Bonchev–Trinajstić information content (AvgIpc) is 3.45. The third-order valence-corrected chi connectivity index (χ3v) is 9.01. The van der Waals surface area contributed by atoms with Crippen LogP contribution in [-0.2, 0) is 21.1 Å². The van der Waals surface area contributed by atoms with Crippen molar-refractivity contribution in [2.75, 3.05) is 24.4 Å². The van der Waals surface area contributed by atoms with Crippen molar-refractivity contribution in [1.82, 2.24) is 4.98 Å². The van der Waals surface area contributed by atoms with Gasteiger partial charge in [0.05, 0.1) is 18.8 Å². The number of hydrogen-bond donors (Lipinski definition) is 1. The number of carbonyl (C=O) groups is 1. The average molecular weight is 540 g/mol. The lowest BCUT2D eigenvalue weighted by molar-refractivity contribution is -0.137. The van der Waals surface area contributed by atoms with E-state index in [9.17, 15) is 13.2 Å². The molecule has 2 aliphatic rings. The van der Waals surface area contributed by atoms with Gasteiger partial charge in [0, 0.05) is 35.1 Å². The van der Waals surface area contributed by atoms with Gasteiger partial charge in [-0.3, -0.25) is 4.79 Å². The third kappa shape index (κ3) is 6.10. The summed E-state index contributed by atoms with van der Waals surface area (Å²) in [7, 11) is -2.98. The number of carboxylic acid groups (broad SMARTS) is 1. The second kappa shape index (κ2) is 10.8. The number of carboxylic acids is 1. The highest BCUT2D eigenvalue weighted by Crippen LogP contribution is 2.44. The SMILES string of the molecule is CS(=O)(=O)CCCOc1ccc(-c2cccc3c2CCC3Oc2cc3c(cn2)[C@H](CC(=O)O)CS3)cc1. The minimum absolute atomic E-state index is 0.00177. The number of sulfone groups is 1. The molecule has 1 aliphatic heterocycles. The second-order valence-electron chi connectivity index (χ2n) is 9.54. The molecule has 0 saturated carbocycles. The van der Waals surface area contributed by atoms with E-state index < -0.39 is 15.8 Å². The lowest BCUT2D eigenvalue weighted by Crippen LogP contribution is -2.07. The number of pyridine rings is 1. The molecule has 0 radical (unpaired) electrons. The van der Waals surface area contributed by atoms with Crippen molar-refractivity contribution in [2.45, 2.75) is 42.6 Å². The molecule has 2 heterocycles. The summed E-state index contributed by atoms with van der Waals surface area (Å²) in [6.07, 6.45) is 5.28. The first-order chi connectivity index (χ1) is 17.8. The molecular formula is C28H29NO6S2. The first-order valence-corrected chi connectivity index (χ1v) is 15.4. The largest absolute Gasteiger partial charge is 0.494 e. The smallest absolute Gasteiger partial charge is 0.303 e. The number of aliphatic carboxylic acids is 1. The quantitative estimate of drug-likeness (QED) is 0.347. The lowest BCUT2D eigenvalue weighted by atomic mass is 9.96. The highest BCUT2D eigenvalue weighted by molar-refractivity contribution is 7.99. The van der Waals surface area contributed by atoms with Gasteiger partial charge in [-0.25, -0.2) is 13.4 Å². The van der Waals surface area contributed by atoms with E-state index in [4.69, 9.17) is 14.6 Å². The van der Waals surface area contributed by atoms with Crippen LogP contribution in [0.3, 0.4) is 0 Å². The minimum atomic E-state index is -2.98. The Labute approximate surface area is 221 Å². The summed E-state index contributed by atoms with van der Waals surface area (Å²) in [5, 5.41) is 9.14. The molecule has 0 spiro atoms. The van der Waals surface area contributed by atoms with Gasteiger partial charge >= 0.3 is 5.97 Å². The molecule has 3 aromatic rings. The first kappa shape index (κ1) is 25.6. The zero-order valence-electron chi connectivity index (χ0n) is 20.6. The lowest BCUT2D eigenvalue weighted by Gasteiger charge is -2.16. The van der Waals surface area contributed by atoms with E-state index in [0.29, 0.717) is 18.9 Å². The summed E-state index contributed by atoms with van der Waals surface area (Å²) in [4.78, 5) is 16.7. The number of hydrogen-bond acceptors (Lipinski definition) is 7. The maximum absolute atomic E-state index is 11.3. The van der Waals surface area contributed by atoms with Crippen LogP contribution >= 0.6 is 11.8 Å². The van der Waals surface area contributed by atoms with Crippen LogP contribution < -0.4 is 9.47 Å². The fourth-order valence-corrected chi connectivity index (χ4v) is 6.87. The predicted octanol–water partition coefficient (Wildman–Crippen LogP) is 5.29. The van der Waals surface area contributed by atoms with Gasteiger partial charge in [-0.2, -0.15) is 0 Å². The van der Waals surface area contributed by atoms with Crippen LogP contribution in [0.15, 0.2) is 59.6 Å². The first-order valence-electron chi connectivity index (χ1n) is 12.3. The van der Waals surface area contributed by atoms with Gasteiger partial charge < -0.3 is 14.6 Å². The number of aromatic nitrogens is 1. The molecule has 1 unspecified atom stereocenters. The van der Waals surface area contributed by atoms with Crippen LogP contribution in [0.1, 0.15) is 48.0 Å². The van der Waals surface area contributed by atoms with Gasteiger partial charge in [0.2, 0.25) is 5.88 Å². The molecular weight excluding hydrogens is 510 g/mol. The zero-order chi connectivity index (χ0) is 26.0. The van der Waals surface area contributed by atoms with Crippen LogP contribution in [0.5, 0.6) is 11.6 Å². The van der Waals surface area contributed by atoms with Gasteiger partial charge in [0.25, 0.3) is 0 Å². The molecule has 7 nitrogen and oxygen atoms in total.